The summed E-state index contributed by atoms with van der Waals surface area (Å²) >= 11 is 0. The number of benzene rings is 1. The molecule has 1 aromatic carbocycles. The van der Waals surface area contributed by atoms with Crippen molar-refractivity contribution in [3.63, 3.8) is 0 Å². The topological polar surface area (TPSA) is 57.5 Å². The molecule has 76 valence electrons. The monoisotopic (exact) mass is 194 g/mol. The van der Waals surface area contributed by atoms with Gasteiger partial charge in [-0.25, -0.2) is 0 Å². The second-order valence-corrected chi connectivity index (χ2v) is 3.21. The molecule has 0 aliphatic carbocycles. The summed E-state index contributed by atoms with van der Waals surface area (Å²) in [6, 6.07) is 9.27. The molecular formula is C11H14O3. The number of carboxylic acid groups (broad SMARTS) is 1. The quantitative estimate of drug-likeness (QED) is 0.753. The SMILES string of the molecule is O=C(O)CCC[C@H](O)c1ccccc1. The molecule has 0 aliphatic rings. The molecule has 2 N–H and O–H groups in total. The molecule has 0 aliphatic heterocycles. The van der Waals surface area contributed by atoms with E-state index in [4.69, 9.17) is 5.11 Å². The van der Waals surface area contributed by atoms with Gasteiger partial charge in [0.25, 0.3) is 0 Å². The van der Waals surface area contributed by atoms with Gasteiger partial charge in [0.05, 0.1) is 6.10 Å². The van der Waals surface area contributed by atoms with E-state index in [9.17, 15) is 9.90 Å². The van der Waals surface area contributed by atoms with E-state index in [0.717, 1.165) is 5.56 Å². The number of rotatable bonds is 5. The van der Waals surface area contributed by atoms with Gasteiger partial charge in [0.15, 0.2) is 0 Å². The van der Waals surface area contributed by atoms with Crippen LogP contribution in [0.5, 0.6) is 0 Å². The summed E-state index contributed by atoms with van der Waals surface area (Å²) < 4.78 is 0. The molecule has 0 unspecified atom stereocenters. The Morgan fingerprint density at radius 3 is 2.50 bits per heavy atom. The third-order valence-corrected chi connectivity index (χ3v) is 2.05. The molecule has 0 amide bonds. The summed E-state index contributed by atoms with van der Waals surface area (Å²) in [4.78, 5) is 10.2. The molecular weight excluding hydrogens is 180 g/mol. The molecule has 0 saturated carbocycles. The Hall–Kier alpha value is -1.35. The molecule has 1 aromatic rings. The van der Waals surface area contributed by atoms with E-state index >= 15 is 0 Å². The van der Waals surface area contributed by atoms with Gasteiger partial charge in [-0.2, -0.15) is 0 Å². The van der Waals surface area contributed by atoms with Crippen LogP contribution in [0.3, 0.4) is 0 Å². The first-order chi connectivity index (χ1) is 6.70. The van der Waals surface area contributed by atoms with Crippen molar-refractivity contribution in [2.75, 3.05) is 0 Å². The number of hydrogen-bond acceptors (Lipinski definition) is 2. The molecule has 0 radical (unpaired) electrons. The van der Waals surface area contributed by atoms with Crippen molar-refractivity contribution in [2.24, 2.45) is 0 Å². The molecule has 3 nitrogen and oxygen atoms in total. The highest BCUT2D eigenvalue weighted by Crippen LogP contribution is 2.18. The molecule has 1 rings (SSSR count). The third-order valence-electron chi connectivity index (χ3n) is 2.05. The van der Waals surface area contributed by atoms with Gasteiger partial charge in [-0.1, -0.05) is 30.3 Å². The van der Waals surface area contributed by atoms with Crippen LogP contribution in [-0.4, -0.2) is 16.2 Å². The Morgan fingerprint density at radius 1 is 1.29 bits per heavy atom. The molecule has 0 fully saturated rings. The average Bonchev–Trinajstić information content (AvgIpc) is 2.18. The minimum Gasteiger partial charge on any atom is -0.481 e. The van der Waals surface area contributed by atoms with E-state index in [1.54, 1.807) is 0 Å². The van der Waals surface area contributed by atoms with E-state index in [1.165, 1.54) is 0 Å². The summed E-state index contributed by atoms with van der Waals surface area (Å²) in [5.74, 6) is -0.815. The zero-order chi connectivity index (χ0) is 10.4. The Balaban J connectivity index is 2.36. The maximum atomic E-state index is 10.2. The van der Waals surface area contributed by atoms with Gasteiger partial charge >= 0.3 is 5.97 Å². The molecule has 0 heterocycles. The number of hydrogen-bond donors (Lipinski definition) is 2. The van der Waals surface area contributed by atoms with E-state index in [2.05, 4.69) is 0 Å². The van der Waals surface area contributed by atoms with Crippen molar-refractivity contribution in [1.29, 1.82) is 0 Å². The standard InChI is InChI=1S/C11H14O3/c12-10(7-4-8-11(13)14)9-5-2-1-3-6-9/h1-3,5-6,10,12H,4,7-8H2,(H,13,14)/t10-/m0/s1. The number of aliphatic hydroxyl groups is 1. The van der Waals surface area contributed by atoms with Crippen molar-refractivity contribution < 1.29 is 15.0 Å². The van der Waals surface area contributed by atoms with Crippen LogP contribution >= 0.6 is 0 Å². The normalized spacial score (nSPS) is 12.4. The predicted octanol–water partition coefficient (Wildman–Crippen LogP) is 1.97. The number of carboxylic acids is 1. The van der Waals surface area contributed by atoms with Gasteiger partial charge in [0, 0.05) is 6.42 Å². The highest BCUT2D eigenvalue weighted by atomic mass is 16.4. The molecule has 0 bridgehead atoms. The van der Waals surface area contributed by atoms with Crippen molar-refractivity contribution in [2.45, 2.75) is 25.4 Å². The highest BCUT2D eigenvalue weighted by Gasteiger charge is 2.07. The predicted molar refractivity (Wildman–Crippen MR) is 52.9 cm³/mol. The van der Waals surface area contributed by atoms with Crippen LogP contribution in [0.4, 0.5) is 0 Å². The largest absolute Gasteiger partial charge is 0.481 e. The van der Waals surface area contributed by atoms with Gasteiger partial charge in [-0.15, -0.1) is 0 Å². The van der Waals surface area contributed by atoms with Crippen LogP contribution < -0.4 is 0 Å². The van der Waals surface area contributed by atoms with Crippen molar-refractivity contribution in [3.8, 4) is 0 Å². The number of aliphatic carboxylic acids is 1. The maximum Gasteiger partial charge on any atom is 0.303 e. The fourth-order valence-electron chi connectivity index (χ4n) is 1.29. The zero-order valence-electron chi connectivity index (χ0n) is 7.89. The smallest absolute Gasteiger partial charge is 0.303 e. The average molecular weight is 194 g/mol. The van der Waals surface area contributed by atoms with Crippen LogP contribution in [0, 0.1) is 0 Å². The summed E-state index contributed by atoms with van der Waals surface area (Å²) in [5.41, 5.74) is 0.845. The fourth-order valence-corrected chi connectivity index (χ4v) is 1.29. The van der Waals surface area contributed by atoms with Crippen LogP contribution in [-0.2, 0) is 4.79 Å². The van der Waals surface area contributed by atoms with Crippen molar-refractivity contribution in [1.82, 2.24) is 0 Å². The number of aliphatic hydroxyl groups excluding tert-OH is 1. The molecule has 0 aromatic heterocycles. The minimum absolute atomic E-state index is 0.115. The molecule has 3 heteroatoms. The lowest BCUT2D eigenvalue weighted by molar-refractivity contribution is -0.137. The lowest BCUT2D eigenvalue weighted by Gasteiger charge is -2.09. The van der Waals surface area contributed by atoms with E-state index in [-0.39, 0.29) is 6.42 Å². The second kappa shape index (κ2) is 5.40. The van der Waals surface area contributed by atoms with Crippen LogP contribution in [0.1, 0.15) is 30.9 Å². The number of carbonyl (C=O) groups is 1. The Kier molecular flexibility index (Phi) is 4.13. The van der Waals surface area contributed by atoms with Crippen LogP contribution in [0.15, 0.2) is 30.3 Å². The molecule has 0 saturated heterocycles. The van der Waals surface area contributed by atoms with Crippen LogP contribution in [0.25, 0.3) is 0 Å². The second-order valence-electron chi connectivity index (χ2n) is 3.21. The molecule has 0 spiro atoms. The van der Waals surface area contributed by atoms with Gasteiger partial charge in [0.1, 0.15) is 0 Å². The fraction of sp³-hybridized carbons (Fsp3) is 0.364. The summed E-state index contributed by atoms with van der Waals surface area (Å²) in [6.07, 6.45) is 0.571. The Labute approximate surface area is 83.0 Å². The van der Waals surface area contributed by atoms with Crippen LogP contribution in [0.2, 0.25) is 0 Å². The van der Waals surface area contributed by atoms with Gasteiger partial charge < -0.3 is 10.2 Å². The first-order valence-corrected chi connectivity index (χ1v) is 4.65. The van der Waals surface area contributed by atoms with E-state index in [0.29, 0.717) is 12.8 Å². The summed E-state index contributed by atoms with van der Waals surface area (Å²) in [7, 11) is 0. The van der Waals surface area contributed by atoms with Crippen molar-refractivity contribution in [3.05, 3.63) is 35.9 Å². The minimum atomic E-state index is -0.815. The van der Waals surface area contributed by atoms with E-state index in [1.807, 2.05) is 30.3 Å². The summed E-state index contributed by atoms with van der Waals surface area (Å²) in [5, 5.41) is 18.1. The first-order valence-electron chi connectivity index (χ1n) is 4.65. The Morgan fingerprint density at radius 2 is 1.93 bits per heavy atom. The molecule has 14 heavy (non-hydrogen) atoms. The van der Waals surface area contributed by atoms with Gasteiger partial charge in [0.2, 0.25) is 0 Å². The first kappa shape index (κ1) is 10.7. The highest BCUT2D eigenvalue weighted by molar-refractivity contribution is 5.66. The lowest BCUT2D eigenvalue weighted by atomic mass is 10.0. The molecule has 1 atom stereocenters. The third kappa shape index (κ3) is 3.58. The maximum absolute atomic E-state index is 10.2. The van der Waals surface area contributed by atoms with Gasteiger partial charge in [-0.3, -0.25) is 4.79 Å². The summed E-state index contributed by atoms with van der Waals surface area (Å²) in [6.45, 7) is 0. The lowest BCUT2D eigenvalue weighted by Crippen LogP contribution is -2.00. The Bertz CT molecular complexity index is 282. The van der Waals surface area contributed by atoms with Crippen molar-refractivity contribution >= 4 is 5.97 Å². The van der Waals surface area contributed by atoms with Gasteiger partial charge in [-0.05, 0) is 18.4 Å². The zero-order valence-corrected chi connectivity index (χ0v) is 7.89. The van der Waals surface area contributed by atoms with E-state index < -0.39 is 12.1 Å².